The zero-order valence-corrected chi connectivity index (χ0v) is 22.3. The second kappa shape index (κ2) is 9.41. The van der Waals surface area contributed by atoms with Crippen LogP contribution in [0.4, 0.5) is 34.6 Å². The van der Waals surface area contributed by atoms with Crippen molar-refractivity contribution in [3.05, 3.63) is 83.4 Å². The van der Waals surface area contributed by atoms with Crippen LogP contribution in [0.5, 0.6) is 0 Å². The van der Waals surface area contributed by atoms with Gasteiger partial charge in [0.1, 0.15) is 11.6 Å². The fourth-order valence-electron chi connectivity index (χ4n) is 5.21. The van der Waals surface area contributed by atoms with Crippen molar-refractivity contribution in [2.45, 2.75) is 51.6 Å². The van der Waals surface area contributed by atoms with Gasteiger partial charge in [0.15, 0.2) is 11.6 Å². The average molecular weight is 533 g/mol. The first kappa shape index (κ1) is 24.2. The smallest absolute Gasteiger partial charge is 0.259 e. The van der Waals surface area contributed by atoms with Crippen molar-refractivity contribution < 1.29 is 9.59 Å². The molecule has 2 amide bonds. The van der Waals surface area contributed by atoms with Gasteiger partial charge >= 0.3 is 0 Å². The molecule has 0 atom stereocenters. The van der Waals surface area contributed by atoms with Crippen LogP contribution in [-0.4, -0.2) is 43.8 Å². The summed E-state index contributed by atoms with van der Waals surface area (Å²) in [6.07, 6.45) is 11.5. The molecule has 10 heteroatoms. The molecule has 40 heavy (non-hydrogen) atoms. The fraction of sp³-hybridized carbons (Fsp3) is 0.267. The summed E-state index contributed by atoms with van der Waals surface area (Å²) in [5, 5.41) is 5.95. The Morgan fingerprint density at radius 2 is 1.00 bits per heavy atom. The quantitative estimate of drug-likeness (QED) is 0.357. The third-order valence-electron chi connectivity index (χ3n) is 7.56. The molecule has 0 bridgehead atoms. The number of aryl methyl sites for hydroxylation is 2. The van der Waals surface area contributed by atoms with E-state index >= 15 is 0 Å². The number of nitrogens with zero attached hydrogens (tertiary/aromatic N) is 6. The van der Waals surface area contributed by atoms with Crippen LogP contribution >= 0.6 is 0 Å². The molecule has 4 aromatic rings. The van der Waals surface area contributed by atoms with Crippen LogP contribution in [0.1, 0.15) is 57.5 Å². The molecule has 0 aromatic carbocycles. The van der Waals surface area contributed by atoms with Crippen molar-refractivity contribution in [1.29, 1.82) is 0 Å². The molecule has 6 heterocycles. The molecular weight excluding hydrogens is 504 g/mol. The number of carbonyl (C=O) groups excluding carboxylic acids is 2. The lowest BCUT2D eigenvalue weighted by Crippen LogP contribution is -2.22. The minimum absolute atomic E-state index is 0.117. The lowest BCUT2D eigenvalue weighted by atomic mass is 10.2. The van der Waals surface area contributed by atoms with E-state index < -0.39 is 0 Å². The van der Waals surface area contributed by atoms with Crippen molar-refractivity contribution in [2.24, 2.45) is 0 Å². The monoisotopic (exact) mass is 532 g/mol. The Morgan fingerprint density at radius 1 is 0.600 bits per heavy atom. The molecule has 200 valence electrons. The Labute approximate surface area is 231 Å². The van der Waals surface area contributed by atoms with Gasteiger partial charge in [-0.3, -0.25) is 9.59 Å². The standard InChI is InChI=1S/2C15H14N4O/c2*1-9-6-8-17-14-12(9)18-15(20)11-3-2-7-16-13(11)19(14)10-4-5-10/h2*2-3,6-8,10H,4-5H2,1H3,(H,18,20). The first-order valence-corrected chi connectivity index (χ1v) is 13.5. The SMILES string of the molecule is Cc1ccnc2c1NC(=O)c1cccnc1N2C1CC1.Cc1ccnc2c1NC(=O)c1cccnc1N2C1CC1. The van der Waals surface area contributed by atoms with Crippen molar-refractivity contribution in [3.63, 3.8) is 0 Å². The van der Waals surface area contributed by atoms with Gasteiger partial charge in [0, 0.05) is 36.9 Å². The predicted octanol–water partition coefficient (Wildman–Crippen LogP) is 5.30. The molecule has 2 N–H and O–H groups in total. The Morgan fingerprint density at radius 3 is 1.40 bits per heavy atom. The molecule has 4 aromatic heterocycles. The van der Waals surface area contributed by atoms with Gasteiger partial charge in [-0.05, 0) is 87.1 Å². The summed E-state index contributed by atoms with van der Waals surface area (Å²) in [6, 6.07) is 11.8. The van der Waals surface area contributed by atoms with Crippen LogP contribution in [-0.2, 0) is 0 Å². The van der Waals surface area contributed by atoms with E-state index in [9.17, 15) is 9.59 Å². The molecule has 8 rings (SSSR count). The van der Waals surface area contributed by atoms with Crippen molar-refractivity contribution in [2.75, 3.05) is 20.4 Å². The van der Waals surface area contributed by atoms with Crippen molar-refractivity contribution in [1.82, 2.24) is 19.9 Å². The molecule has 0 unspecified atom stereocenters. The number of rotatable bonds is 2. The number of hydrogen-bond donors (Lipinski definition) is 2. The van der Waals surface area contributed by atoms with E-state index in [1.54, 1.807) is 36.9 Å². The van der Waals surface area contributed by atoms with Gasteiger partial charge < -0.3 is 20.4 Å². The van der Waals surface area contributed by atoms with Gasteiger partial charge in [-0.15, -0.1) is 0 Å². The topological polar surface area (TPSA) is 116 Å². The number of amides is 2. The van der Waals surface area contributed by atoms with Gasteiger partial charge in [0.25, 0.3) is 11.8 Å². The van der Waals surface area contributed by atoms with E-state index in [0.717, 1.165) is 59.8 Å². The van der Waals surface area contributed by atoms with E-state index in [1.165, 1.54) is 0 Å². The second-order valence-corrected chi connectivity index (χ2v) is 10.5. The lowest BCUT2D eigenvalue weighted by Gasteiger charge is -2.23. The highest BCUT2D eigenvalue weighted by molar-refractivity contribution is 6.12. The van der Waals surface area contributed by atoms with Crippen LogP contribution in [0.15, 0.2) is 61.2 Å². The molecule has 2 aliphatic heterocycles. The van der Waals surface area contributed by atoms with Gasteiger partial charge in [-0.1, -0.05) is 0 Å². The van der Waals surface area contributed by atoms with E-state index in [1.807, 2.05) is 38.1 Å². The van der Waals surface area contributed by atoms with Gasteiger partial charge in [-0.25, -0.2) is 19.9 Å². The molecule has 2 aliphatic carbocycles. The van der Waals surface area contributed by atoms with Crippen LogP contribution in [0.2, 0.25) is 0 Å². The number of nitrogens with one attached hydrogen (secondary N) is 2. The lowest BCUT2D eigenvalue weighted by molar-refractivity contribution is 0.101. The maximum absolute atomic E-state index is 12.4. The van der Waals surface area contributed by atoms with E-state index in [2.05, 4.69) is 40.4 Å². The average Bonchev–Trinajstić information content (AvgIpc) is 3.86. The van der Waals surface area contributed by atoms with Crippen LogP contribution in [0, 0.1) is 13.8 Å². The largest absolute Gasteiger partial charge is 0.318 e. The normalized spacial score (nSPS) is 17.1. The van der Waals surface area contributed by atoms with Crippen LogP contribution < -0.4 is 20.4 Å². The Balaban J connectivity index is 0.000000132. The predicted molar refractivity (Wildman–Crippen MR) is 153 cm³/mol. The minimum Gasteiger partial charge on any atom is -0.318 e. The minimum atomic E-state index is -0.117. The maximum atomic E-state index is 12.4. The molecule has 2 fully saturated rings. The van der Waals surface area contributed by atoms with Gasteiger partial charge in [-0.2, -0.15) is 0 Å². The number of hydrogen-bond acceptors (Lipinski definition) is 8. The molecule has 0 spiro atoms. The fourth-order valence-corrected chi connectivity index (χ4v) is 5.21. The molecule has 0 radical (unpaired) electrons. The molecular formula is C30H28N8O2. The number of pyridine rings is 4. The summed E-state index contributed by atoms with van der Waals surface area (Å²) in [4.78, 5) is 46.8. The summed E-state index contributed by atoms with van der Waals surface area (Å²) < 4.78 is 0. The van der Waals surface area contributed by atoms with E-state index in [-0.39, 0.29) is 11.8 Å². The van der Waals surface area contributed by atoms with Gasteiger partial charge in [0.05, 0.1) is 22.5 Å². The summed E-state index contributed by atoms with van der Waals surface area (Å²) >= 11 is 0. The molecule has 0 saturated heterocycles. The van der Waals surface area contributed by atoms with Crippen LogP contribution in [0.25, 0.3) is 0 Å². The molecule has 4 aliphatic rings. The number of fused-ring (bicyclic) bond motifs is 4. The highest BCUT2D eigenvalue weighted by atomic mass is 16.2. The zero-order valence-electron chi connectivity index (χ0n) is 22.3. The van der Waals surface area contributed by atoms with E-state index in [4.69, 9.17) is 0 Å². The third-order valence-corrected chi connectivity index (χ3v) is 7.56. The first-order chi connectivity index (χ1) is 19.5. The maximum Gasteiger partial charge on any atom is 0.259 e. The van der Waals surface area contributed by atoms with E-state index in [0.29, 0.717) is 34.8 Å². The molecule has 10 nitrogen and oxygen atoms in total. The first-order valence-electron chi connectivity index (χ1n) is 13.5. The van der Waals surface area contributed by atoms with Crippen molar-refractivity contribution >= 4 is 46.5 Å². The second-order valence-electron chi connectivity index (χ2n) is 10.5. The molecule has 2 saturated carbocycles. The van der Waals surface area contributed by atoms with Crippen LogP contribution in [0.3, 0.4) is 0 Å². The third kappa shape index (κ3) is 4.12. The van der Waals surface area contributed by atoms with Gasteiger partial charge in [0.2, 0.25) is 0 Å². The number of carbonyl (C=O) groups is 2. The summed E-state index contributed by atoms with van der Waals surface area (Å²) in [6.45, 7) is 3.96. The summed E-state index contributed by atoms with van der Waals surface area (Å²) in [7, 11) is 0. The van der Waals surface area contributed by atoms with Crippen molar-refractivity contribution in [3.8, 4) is 0 Å². The Kier molecular flexibility index (Phi) is 5.69. The number of aromatic nitrogens is 4. The number of anilines is 6. The highest BCUT2D eigenvalue weighted by Crippen LogP contribution is 2.45. The zero-order chi connectivity index (χ0) is 27.4. The Hall–Kier alpha value is -4.86. The highest BCUT2D eigenvalue weighted by Gasteiger charge is 2.39. The Bertz CT molecular complexity index is 1540. The summed E-state index contributed by atoms with van der Waals surface area (Å²) in [5.74, 6) is 2.80. The summed E-state index contributed by atoms with van der Waals surface area (Å²) in [5.41, 5.74) is 4.84.